The fourth-order valence-electron chi connectivity index (χ4n) is 5.33. The Bertz CT molecular complexity index is 983. The lowest BCUT2D eigenvalue weighted by atomic mass is 9.83. The molecule has 0 aliphatic carbocycles. The van der Waals surface area contributed by atoms with Gasteiger partial charge in [-0.05, 0) is 48.9 Å². The van der Waals surface area contributed by atoms with E-state index in [9.17, 15) is 9.18 Å². The van der Waals surface area contributed by atoms with Gasteiger partial charge in [-0.2, -0.15) is 0 Å². The summed E-state index contributed by atoms with van der Waals surface area (Å²) in [4.78, 5) is 17.2. The Labute approximate surface area is 195 Å². The SMILES string of the molecule is COc1ccc(CN2CC[C@@H]3[C@@H](CCC(=O)N3CCc3cccc(F)c3)C2)c(OC)c1OC. The number of fused-ring (bicyclic) bond motifs is 1. The molecule has 178 valence electrons. The number of hydrogen-bond acceptors (Lipinski definition) is 5. The smallest absolute Gasteiger partial charge is 0.222 e. The molecule has 2 aliphatic heterocycles. The number of nitrogens with zero attached hydrogens (tertiary/aromatic N) is 2. The van der Waals surface area contributed by atoms with Crippen LogP contribution < -0.4 is 14.2 Å². The molecule has 33 heavy (non-hydrogen) atoms. The highest BCUT2D eigenvalue weighted by Crippen LogP contribution is 2.41. The molecule has 0 aromatic heterocycles. The number of carbonyl (C=O) groups excluding carboxylic acids is 1. The quantitative estimate of drug-likeness (QED) is 0.603. The van der Waals surface area contributed by atoms with Crippen LogP contribution in [-0.4, -0.2) is 62.7 Å². The van der Waals surface area contributed by atoms with Gasteiger partial charge in [0.25, 0.3) is 0 Å². The first-order valence-corrected chi connectivity index (χ1v) is 11.6. The molecular formula is C26H33FN2O4. The van der Waals surface area contributed by atoms with Crippen LogP contribution in [0, 0.1) is 11.7 Å². The van der Waals surface area contributed by atoms with Gasteiger partial charge in [-0.25, -0.2) is 4.39 Å². The van der Waals surface area contributed by atoms with E-state index in [4.69, 9.17) is 14.2 Å². The summed E-state index contributed by atoms with van der Waals surface area (Å²) in [5.41, 5.74) is 1.99. The molecule has 2 fully saturated rings. The summed E-state index contributed by atoms with van der Waals surface area (Å²) < 4.78 is 30.1. The number of ether oxygens (including phenoxy) is 3. The number of hydrogen-bond donors (Lipinski definition) is 0. The van der Waals surface area contributed by atoms with E-state index in [1.807, 2.05) is 23.1 Å². The summed E-state index contributed by atoms with van der Waals surface area (Å²) in [5, 5.41) is 0. The molecule has 6 nitrogen and oxygen atoms in total. The zero-order valence-electron chi connectivity index (χ0n) is 19.7. The molecule has 0 bridgehead atoms. The highest BCUT2D eigenvalue weighted by atomic mass is 19.1. The number of halogens is 1. The zero-order chi connectivity index (χ0) is 23.4. The van der Waals surface area contributed by atoms with Crippen molar-refractivity contribution in [3.8, 4) is 17.2 Å². The van der Waals surface area contributed by atoms with Crippen molar-refractivity contribution in [1.82, 2.24) is 9.80 Å². The molecule has 2 heterocycles. The van der Waals surface area contributed by atoms with Gasteiger partial charge in [0, 0.05) is 44.2 Å². The van der Waals surface area contributed by atoms with Gasteiger partial charge in [0.05, 0.1) is 21.3 Å². The second-order valence-corrected chi connectivity index (χ2v) is 8.85. The fourth-order valence-corrected chi connectivity index (χ4v) is 5.33. The largest absolute Gasteiger partial charge is 0.493 e. The Morgan fingerprint density at radius 1 is 1.03 bits per heavy atom. The van der Waals surface area contributed by atoms with Gasteiger partial charge in [0.2, 0.25) is 11.7 Å². The monoisotopic (exact) mass is 456 g/mol. The van der Waals surface area contributed by atoms with Crippen molar-refractivity contribution in [3.05, 3.63) is 53.3 Å². The van der Waals surface area contributed by atoms with Gasteiger partial charge in [-0.15, -0.1) is 0 Å². The summed E-state index contributed by atoms with van der Waals surface area (Å²) in [5.74, 6) is 2.40. The topological polar surface area (TPSA) is 51.2 Å². The summed E-state index contributed by atoms with van der Waals surface area (Å²) >= 11 is 0. The molecule has 2 saturated heterocycles. The average Bonchev–Trinajstić information content (AvgIpc) is 2.83. The van der Waals surface area contributed by atoms with Gasteiger partial charge >= 0.3 is 0 Å². The lowest BCUT2D eigenvalue weighted by Crippen LogP contribution is -2.56. The Morgan fingerprint density at radius 3 is 2.58 bits per heavy atom. The molecule has 7 heteroatoms. The molecule has 4 rings (SSSR count). The zero-order valence-corrected chi connectivity index (χ0v) is 19.7. The Hall–Kier alpha value is -2.80. The van der Waals surface area contributed by atoms with Gasteiger partial charge < -0.3 is 19.1 Å². The van der Waals surface area contributed by atoms with Crippen molar-refractivity contribution < 1.29 is 23.4 Å². The number of piperidine rings is 2. The van der Waals surface area contributed by atoms with E-state index >= 15 is 0 Å². The number of amides is 1. The second kappa shape index (κ2) is 10.4. The minimum Gasteiger partial charge on any atom is -0.493 e. The lowest BCUT2D eigenvalue weighted by Gasteiger charge is -2.47. The third kappa shape index (κ3) is 5.08. The molecular weight excluding hydrogens is 423 g/mol. The molecule has 0 spiro atoms. The van der Waals surface area contributed by atoms with Crippen LogP contribution in [0.2, 0.25) is 0 Å². The van der Waals surface area contributed by atoms with Crippen molar-refractivity contribution in [3.63, 3.8) is 0 Å². The summed E-state index contributed by atoms with van der Waals surface area (Å²) in [7, 11) is 4.88. The van der Waals surface area contributed by atoms with E-state index < -0.39 is 0 Å². The Balaban J connectivity index is 1.42. The summed E-state index contributed by atoms with van der Waals surface area (Å²) in [6, 6.07) is 10.9. The third-order valence-corrected chi connectivity index (χ3v) is 6.94. The molecule has 1 amide bonds. The van der Waals surface area contributed by atoms with E-state index in [-0.39, 0.29) is 17.8 Å². The Kier molecular flexibility index (Phi) is 7.38. The van der Waals surface area contributed by atoms with E-state index in [2.05, 4.69) is 4.90 Å². The number of benzene rings is 2. The van der Waals surface area contributed by atoms with Crippen molar-refractivity contribution >= 4 is 5.91 Å². The summed E-state index contributed by atoms with van der Waals surface area (Å²) in [6.45, 7) is 3.24. The highest BCUT2D eigenvalue weighted by Gasteiger charge is 2.39. The maximum absolute atomic E-state index is 13.5. The van der Waals surface area contributed by atoms with Crippen LogP contribution >= 0.6 is 0 Å². The lowest BCUT2D eigenvalue weighted by molar-refractivity contribution is -0.141. The predicted molar refractivity (Wildman–Crippen MR) is 124 cm³/mol. The standard InChI is InChI=1S/C26H33FN2O4/c1-31-23-9-7-20(25(32-2)26(23)33-3)17-28-13-12-22-19(16-28)8-10-24(30)29(22)14-11-18-5-4-6-21(27)15-18/h4-7,9,15,19,22H,8,10-14,16-17H2,1-3H3/t19-,22+/m0/s1. The summed E-state index contributed by atoms with van der Waals surface area (Å²) in [6.07, 6.45) is 3.12. The van der Waals surface area contributed by atoms with Crippen LogP contribution in [0.25, 0.3) is 0 Å². The molecule has 2 aromatic carbocycles. The normalized spacial score (nSPS) is 21.0. The van der Waals surface area contributed by atoms with Crippen molar-refractivity contribution in [2.24, 2.45) is 5.92 Å². The average molecular weight is 457 g/mol. The van der Waals surface area contributed by atoms with E-state index in [1.54, 1.807) is 33.5 Å². The van der Waals surface area contributed by atoms with Crippen molar-refractivity contribution in [2.75, 3.05) is 41.0 Å². The second-order valence-electron chi connectivity index (χ2n) is 8.85. The molecule has 0 saturated carbocycles. The number of carbonyl (C=O) groups is 1. The number of methoxy groups -OCH3 is 3. The minimum absolute atomic E-state index is 0.225. The third-order valence-electron chi connectivity index (χ3n) is 6.94. The van der Waals surface area contributed by atoms with Crippen molar-refractivity contribution in [1.29, 1.82) is 0 Å². The van der Waals surface area contributed by atoms with Crippen LogP contribution in [0.4, 0.5) is 4.39 Å². The van der Waals surface area contributed by atoms with E-state index in [0.717, 1.165) is 43.6 Å². The maximum atomic E-state index is 13.5. The first-order valence-electron chi connectivity index (χ1n) is 11.6. The van der Waals surface area contributed by atoms with Crippen LogP contribution in [0.5, 0.6) is 17.2 Å². The maximum Gasteiger partial charge on any atom is 0.222 e. The molecule has 0 radical (unpaired) electrons. The van der Waals surface area contributed by atoms with Crippen molar-refractivity contribution in [2.45, 2.75) is 38.3 Å². The molecule has 2 aliphatic rings. The highest BCUT2D eigenvalue weighted by molar-refractivity contribution is 5.77. The van der Waals surface area contributed by atoms with Crippen LogP contribution in [0.3, 0.4) is 0 Å². The minimum atomic E-state index is -0.228. The van der Waals surface area contributed by atoms with E-state index in [0.29, 0.717) is 42.6 Å². The fraction of sp³-hybridized carbons (Fsp3) is 0.500. The molecule has 0 unspecified atom stereocenters. The van der Waals surface area contributed by atoms with Gasteiger partial charge in [0.15, 0.2) is 11.5 Å². The molecule has 2 aromatic rings. The first-order chi connectivity index (χ1) is 16.0. The molecule has 2 atom stereocenters. The van der Waals surface area contributed by atoms with Gasteiger partial charge in [0.1, 0.15) is 5.82 Å². The van der Waals surface area contributed by atoms with Gasteiger partial charge in [-0.3, -0.25) is 9.69 Å². The van der Waals surface area contributed by atoms with E-state index in [1.165, 1.54) is 6.07 Å². The van der Waals surface area contributed by atoms with Crippen LogP contribution in [-0.2, 0) is 17.8 Å². The Morgan fingerprint density at radius 2 is 1.85 bits per heavy atom. The van der Waals surface area contributed by atoms with Gasteiger partial charge in [-0.1, -0.05) is 18.2 Å². The predicted octanol–water partition coefficient (Wildman–Crippen LogP) is 3.91. The van der Waals surface area contributed by atoms with Crippen LogP contribution in [0.1, 0.15) is 30.4 Å². The number of likely N-dealkylation sites (tertiary alicyclic amines) is 2. The molecule has 0 N–H and O–H groups in total. The first kappa shape index (κ1) is 23.4. The number of rotatable bonds is 8. The van der Waals surface area contributed by atoms with Crippen LogP contribution in [0.15, 0.2) is 36.4 Å².